The summed E-state index contributed by atoms with van der Waals surface area (Å²) in [6.07, 6.45) is 0. The number of rotatable bonds is 0. The number of benzene rings is 4. The molecule has 0 spiro atoms. The van der Waals surface area contributed by atoms with Crippen LogP contribution in [0.4, 0.5) is 0 Å². The number of phenolic OH excluding ortho intramolecular Hbond substituents is 2. The van der Waals surface area contributed by atoms with Crippen molar-refractivity contribution in [1.29, 1.82) is 0 Å². The third kappa shape index (κ3) is 1.89. The molecule has 0 unspecified atom stereocenters. The minimum absolute atomic E-state index is 0.00449. The molecule has 0 atom stereocenters. The maximum absolute atomic E-state index is 13.0. The van der Waals surface area contributed by atoms with Crippen LogP contribution in [-0.4, -0.2) is 10.2 Å². The molecule has 4 aromatic carbocycles. The van der Waals surface area contributed by atoms with Gasteiger partial charge in [0.25, 0.3) is 0 Å². The molecule has 6 nitrogen and oxygen atoms in total. The van der Waals surface area contributed by atoms with E-state index in [4.69, 9.17) is 0 Å². The molecule has 0 aliphatic rings. The average Bonchev–Trinajstić information content (AvgIpc) is 3.05. The van der Waals surface area contributed by atoms with Gasteiger partial charge in [-0.05, 0) is 36.4 Å². The van der Waals surface area contributed by atoms with Gasteiger partial charge in [0.15, 0.2) is 10.9 Å². The number of thiophene rings is 1. The summed E-state index contributed by atoms with van der Waals surface area (Å²) in [6.45, 7) is 0. The molecule has 7 heteroatoms. The van der Waals surface area contributed by atoms with E-state index < -0.39 is 21.7 Å². The van der Waals surface area contributed by atoms with Gasteiger partial charge in [-0.25, -0.2) is 0 Å². The SMILES string of the molecule is O=c1c2cc(O)ccc2c(=O)c2c1sc1c(=O)c3ccc(O)cc3c(=O)c12. The molecule has 27 heavy (non-hydrogen) atoms. The third-order valence-corrected chi connectivity index (χ3v) is 5.95. The number of fused-ring (bicyclic) bond motifs is 5. The summed E-state index contributed by atoms with van der Waals surface area (Å²) in [6, 6.07) is 7.65. The fourth-order valence-electron chi connectivity index (χ4n) is 3.53. The van der Waals surface area contributed by atoms with E-state index in [1.54, 1.807) is 0 Å². The average molecular weight is 376 g/mol. The van der Waals surface area contributed by atoms with Crippen molar-refractivity contribution in [3.8, 4) is 11.5 Å². The predicted octanol–water partition coefficient (Wildman–Crippen LogP) is 2.09. The van der Waals surface area contributed by atoms with Crippen molar-refractivity contribution >= 4 is 53.1 Å². The highest BCUT2D eigenvalue weighted by atomic mass is 32.1. The van der Waals surface area contributed by atoms with Crippen LogP contribution in [0, 0.1) is 0 Å². The van der Waals surface area contributed by atoms with E-state index in [-0.39, 0.29) is 53.2 Å². The quantitative estimate of drug-likeness (QED) is 0.428. The van der Waals surface area contributed by atoms with Crippen LogP contribution in [0.3, 0.4) is 0 Å². The molecule has 0 saturated heterocycles. The largest absolute Gasteiger partial charge is 0.508 e. The Morgan fingerprint density at radius 1 is 0.556 bits per heavy atom. The molecule has 5 aromatic rings. The lowest BCUT2D eigenvalue weighted by Gasteiger charge is -1.99. The van der Waals surface area contributed by atoms with Gasteiger partial charge >= 0.3 is 0 Å². The predicted molar refractivity (Wildman–Crippen MR) is 105 cm³/mol. The maximum Gasteiger partial charge on any atom is 0.204 e. The second-order valence-corrected chi connectivity index (χ2v) is 7.31. The van der Waals surface area contributed by atoms with Crippen molar-refractivity contribution in [3.63, 3.8) is 0 Å². The Bertz CT molecular complexity index is 1670. The van der Waals surface area contributed by atoms with E-state index in [9.17, 15) is 29.4 Å². The lowest BCUT2D eigenvalue weighted by Crippen LogP contribution is -2.15. The zero-order chi connectivity index (χ0) is 19.0. The molecule has 1 heterocycles. The van der Waals surface area contributed by atoms with Crippen molar-refractivity contribution < 1.29 is 10.2 Å². The van der Waals surface area contributed by atoms with Crippen LogP contribution in [0.15, 0.2) is 55.6 Å². The highest BCUT2D eigenvalue weighted by Gasteiger charge is 2.22. The molecule has 0 radical (unpaired) electrons. The minimum atomic E-state index is -0.573. The summed E-state index contributed by atoms with van der Waals surface area (Å²) in [7, 11) is 0. The molecular formula is C20H8O6S. The smallest absolute Gasteiger partial charge is 0.204 e. The van der Waals surface area contributed by atoms with Crippen LogP contribution in [0.5, 0.6) is 11.5 Å². The first-order valence-electron chi connectivity index (χ1n) is 7.90. The highest BCUT2D eigenvalue weighted by molar-refractivity contribution is 7.25. The van der Waals surface area contributed by atoms with Crippen LogP contribution in [0.2, 0.25) is 0 Å². The molecule has 5 rings (SSSR count). The van der Waals surface area contributed by atoms with Crippen LogP contribution in [0.25, 0.3) is 41.7 Å². The van der Waals surface area contributed by atoms with Crippen molar-refractivity contribution in [2.75, 3.05) is 0 Å². The maximum atomic E-state index is 13.0. The number of hydrogen-bond donors (Lipinski definition) is 2. The third-order valence-electron chi connectivity index (χ3n) is 4.76. The Morgan fingerprint density at radius 2 is 0.963 bits per heavy atom. The summed E-state index contributed by atoms with van der Waals surface area (Å²) >= 11 is 0.814. The summed E-state index contributed by atoms with van der Waals surface area (Å²) in [5, 5.41) is 19.4. The Labute approximate surface area is 152 Å². The van der Waals surface area contributed by atoms with Gasteiger partial charge in [0.05, 0.1) is 20.2 Å². The molecule has 0 amide bonds. The standard InChI is InChI=1S/C20H8O6S/c21-7-2-4-10-11(5-7)16(24)14-13-15(23)9-3-1-8(22)6-12(9)18(26)20(13)27-19(14)17(10)25/h1-6,21-22H. The summed E-state index contributed by atoms with van der Waals surface area (Å²) < 4.78 is 0.0590. The van der Waals surface area contributed by atoms with Gasteiger partial charge in [0, 0.05) is 21.5 Å². The molecule has 130 valence electrons. The van der Waals surface area contributed by atoms with Gasteiger partial charge in [-0.3, -0.25) is 19.2 Å². The summed E-state index contributed by atoms with van der Waals surface area (Å²) in [4.78, 5) is 51.7. The molecule has 0 aliphatic carbocycles. The van der Waals surface area contributed by atoms with Gasteiger partial charge in [0.2, 0.25) is 10.9 Å². The van der Waals surface area contributed by atoms with Crippen molar-refractivity contribution in [1.82, 2.24) is 0 Å². The molecule has 0 saturated carbocycles. The Morgan fingerprint density at radius 3 is 1.52 bits per heavy atom. The fourth-order valence-corrected chi connectivity index (χ4v) is 4.74. The van der Waals surface area contributed by atoms with E-state index >= 15 is 0 Å². The van der Waals surface area contributed by atoms with Crippen molar-refractivity contribution in [2.24, 2.45) is 0 Å². The summed E-state index contributed by atoms with van der Waals surface area (Å²) in [5.41, 5.74) is -2.09. The number of aromatic hydroxyl groups is 2. The molecule has 0 aliphatic heterocycles. The Kier molecular flexibility index (Phi) is 2.89. The molecule has 2 N–H and O–H groups in total. The van der Waals surface area contributed by atoms with Gasteiger partial charge in [0.1, 0.15) is 11.5 Å². The second kappa shape index (κ2) is 4.99. The lowest BCUT2D eigenvalue weighted by atomic mass is 10.0. The normalized spacial score (nSPS) is 11.9. The first-order chi connectivity index (χ1) is 12.9. The minimum Gasteiger partial charge on any atom is -0.508 e. The molecule has 1 aromatic heterocycles. The van der Waals surface area contributed by atoms with Gasteiger partial charge in [-0.2, -0.15) is 0 Å². The second-order valence-electron chi connectivity index (χ2n) is 6.29. The van der Waals surface area contributed by atoms with Crippen LogP contribution < -0.4 is 21.7 Å². The summed E-state index contributed by atoms with van der Waals surface area (Å²) in [5.74, 6) is -0.333. The van der Waals surface area contributed by atoms with E-state index in [0.717, 1.165) is 11.3 Å². The van der Waals surface area contributed by atoms with E-state index in [1.807, 2.05) is 0 Å². The van der Waals surface area contributed by atoms with Gasteiger partial charge in [-0.15, -0.1) is 11.3 Å². The van der Waals surface area contributed by atoms with Crippen LogP contribution in [0.1, 0.15) is 0 Å². The van der Waals surface area contributed by atoms with Crippen molar-refractivity contribution in [2.45, 2.75) is 0 Å². The van der Waals surface area contributed by atoms with E-state index in [2.05, 4.69) is 0 Å². The first-order valence-corrected chi connectivity index (χ1v) is 8.71. The lowest BCUT2D eigenvalue weighted by molar-refractivity contribution is 0.475. The zero-order valence-electron chi connectivity index (χ0n) is 13.4. The van der Waals surface area contributed by atoms with E-state index in [0.29, 0.717) is 0 Å². The fraction of sp³-hybridized carbons (Fsp3) is 0. The molecule has 0 fully saturated rings. The highest BCUT2D eigenvalue weighted by Crippen LogP contribution is 2.30. The zero-order valence-corrected chi connectivity index (χ0v) is 14.2. The Balaban J connectivity index is 2.20. The van der Waals surface area contributed by atoms with E-state index in [1.165, 1.54) is 36.4 Å². The first kappa shape index (κ1) is 15.7. The van der Waals surface area contributed by atoms with Gasteiger partial charge < -0.3 is 10.2 Å². The van der Waals surface area contributed by atoms with Gasteiger partial charge in [-0.1, -0.05) is 0 Å². The Hall–Kier alpha value is -3.58. The molecule has 0 bridgehead atoms. The topological polar surface area (TPSA) is 109 Å². The molecular weight excluding hydrogens is 368 g/mol. The van der Waals surface area contributed by atoms with Crippen LogP contribution >= 0.6 is 11.3 Å². The number of hydrogen-bond acceptors (Lipinski definition) is 7. The monoisotopic (exact) mass is 376 g/mol. The van der Waals surface area contributed by atoms with Crippen LogP contribution in [-0.2, 0) is 0 Å². The number of phenols is 2. The van der Waals surface area contributed by atoms with Crippen molar-refractivity contribution in [3.05, 3.63) is 77.3 Å².